The van der Waals surface area contributed by atoms with E-state index in [2.05, 4.69) is 19.0 Å². The molecule has 31 heavy (non-hydrogen) atoms. The molecule has 6 nitrogen and oxygen atoms in total. The summed E-state index contributed by atoms with van der Waals surface area (Å²) in [5, 5.41) is 3.21. The normalized spacial score (nSPS) is 14.2. The lowest BCUT2D eigenvalue weighted by Crippen LogP contribution is -2.07. The lowest BCUT2D eigenvalue weighted by Gasteiger charge is -2.08. The van der Waals surface area contributed by atoms with Crippen LogP contribution in [-0.4, -0.2) is 26.5 Å². The van der Waals surface area contributed by atoms with Crippen LogP contribution in [0, 0.1) is 0 Å². The topological polar surface area (TPSA) is 85.4 Å². The molecule has 0 N–H and O–H groups in total. The predicted octanol–water partition coefficient (Wildman–Crippen LogP) is 5.07. The van der Waals surface area contributed by atoms with Crippen LogP contribution in [0.25, 0.3) is 11.4 Å². The fourth-order valence-corrected chi connectivity index (χ4v) is 3.58. The molecule has 13 heteroatoms. The molecule has 0 bridgehead atoms. The third kappa shape index (κ3) is 5.10. The summed E-state index contributed by atoms with van der Waals surface area (Å²) >= 11 is 0. The zero-order valence-corrected chi connectivity index (χ0v) is 16.2. The fourth-order valence-electron chi connectivity index (χ4n) is 2.41. The van der Waals surface area contributed by atoms with Crippen LogP contribution < -0.4 is 0 Å². The second-order valence-corrected chi connectivity index (χ2v) is 8.48. The molecule has 0 radical (unpaired) electrons. The summed E-state index contributed by atoms with van der Waals surface area (Å²) in [6, 6.07) is 8.37. The van der Waals surface area contributed by atoms with E-state index in [1.54, 1.807) is 0 Å². The highest BCUT2D eigenvalue weighted by Crippen LogP contribution is 2.31. The highest BCUT2D eigenvalue weighted by Gasteiger charge is 2.38. The van der Waals surface area contributed by atoms with Gasteiger partial charge in [-0.25, -0.2) is 4.21 Å². The van der Waals surface area contributed by atoms with Crippen molar-refractivity contribution >= 4 is 15.6 Å². The summed E-state index contributed by atoms with van der Waals surface area (Å²) < 4.78 is 96.3. The van der Waals surface area contributed by atoms with Gasteiger partial charge in [-0.2, -0.15) is 35.7 Å². The molecule has 2 aromatic carbocycles. The van der Waals surface area contributed by atoms with Gasteiger partial charge in [0.1, 0.15) is 0 Å². The first-order chi connectivity index (χ1) is 14.3. The molecule has 1 atom stereocenters. The molecular formula is C18H11F6N3O3S. The molecule has 0 fully saturated rings. The van der Waals surface area contributed by atoms with Crippen molar-refractivity contribution in [2.45, 2.75) is 17.2 Å². The molecule has 1 unspecified atom stereocenters. The van der Waals surface area contributed by atoms with Gasteiger partial charge in [-0.1, -0.05) is 17.3 Å². The number of hydrogen-bond acceptors (Lipinski definition) is 5. The first-order valence-corrected chi connectivity index (χ1v) is 10.1. The molecule has 3 aromatic rings. The van der Waals surface area contributed by atoms with Crippen LogP contribution >= 0.6 is 0 Å². The second-order valence-electron chi connectivity index (χ2n) is 6.22. The van der Waals surface area contributed by atoms with E-state index in [4.69, 9.17) is 0 Å². The zero-order chi connectivity index (χ0) is 23.0. The first kappa shape index (κ1) is 22.5. The maximum atomic E-state index is 12.8. The van der Waals surface area contributed by atoms with Crippen LogP contribution in [-0.2, 0) is 22.1 Å². The number of carbonyl (C=O) groups is 1. The molecule has 0 aliphatic rings. The average Bonchev–Trinajstić information content (AvgIpc) is 3.18. The average molecular weight is 463 g/mol. The van der Waals surface area contributed by atoms with E-state index in [-0.39, 0.29) is 16.0 Å². The Morgan fingerprint density at radius 1 is 1.00 bits per heavy atom. The zero-order valence-electron chi connectivity index (χ0n) is 15.4. The molecule has 0 spiro atoms. The van der Waals surface area contributed by atoms with Crippen molar-refractivity contribution in [1.82, 2.24) is 10.1 Å². The number of halogens is 6. The molecule has 0 saturated carbocycles. The Labute approximate surface area is 171 Å². The van der Waals surface area contributed by atoms with E-state index >= 15 is 0 Å². The highest BCUT2D eigenvalue weighted by molar-refractivity contribution is 7.93. The van der Waals surface area contributed by atoms with Gasteiger partial charge in [0.15, 0.2) is 0 Å². The van der Waals surface area contributed by atoms with Crippen molar-refractivity contribution < 1.29 is 39.9 Å². The van der Waals surface area contributed by atoms with Gasteiger partial charge in [-0.05, 0) is 36.4 Å². The van der Waals surface area contributed by atoms with Gasteiger partial charge in [0.25, 0.3) is 5.91 Å². The maximum Gasteiger partial charge on any atom is 0.471 e. The van der Waals surface area contributed by atoms with Crippen molar-refractivity contribution in [1.29, 1.82) is 0 Å². The van der Waals surface area contributed by atoms with Crippen molar-refractivity contribution in [3.8, 4) is 11.4 Å². The molecule has 1 amide bonds. The van der Waals surface area contributed by atoms with Gasteiger partial charge in [0.2, 0.25) is 5.82 Å². The molecule has 0 saturated heterocycles. The summed E-state index contributed by atoms with van der Waals surface area (Å²) in [4.78, 5) is 15.5. The largest absolute Gasteiger partial charge is 0.471 e. The highest BCUT2D eigenvalue weighted by atomic mass is 32.2. The van der Waals surface area contributed by atoms with E-state index in [0.717, 1.165) is 24.5 Å². The van der Waals surface area contributed by atoms with Crippen LogP contribution in [0.5, 0.6) is 0 Å². The van der Waals surface area contributed by atoms with Crippen LogP contribution in [0.3, 0.4) is 0 Å². The van der Waals surface area contributed by atoms with E-state index in [9.17, 15) is 35.3 Å². The van der Waals surface area contributed by atoms with Crippen molar-refractivity contribution in [3.63, 3.8) is 0 Å². The maximum absolute atomic E-state index is 12.8. The van der Waals surface area contributed by atoms with Gasteiger partial charge < -0.3 is 4.52 Å². The number of aromatic nitrogens is 2. The summed E-state index contributed by atoms with van der Waals surface area (Å²) in [7, 11) is -3.40. The first-order valence-electron chi connectivity index (χ1n) is 8.22. The summed E-state index contributed by atoms with van der Waals surface area (Å²) in [5.41, 5.74) is -1.08. The van der Waals surface area contributed by atoms with E-state index in [1.807, 2.05) is 0 Å². The Morgan fingerprint density at radius 3 is 2.19 bits per heavy atom. The SMILES string of the molecule is CS(=O)(=NC(=O)c1cccc(-c2noc(C(F)(F)F)n2)c1)c1ccc(C(F)(F)F)cc1. The molecule has 1 aromatic heterocycles. The van der Waals surface area contributed by atoms with E-state index in [1.165, 1.54) is 18.2 Å². The fraction of sp³-hybridized carbons (Fsp3) is 0.167. The van der Waals surface area contributed by atoms with Crippen LogP contribution in [0.2, 0.25) is 0 Å². The van der Waals surface area contributed by atoms with Crippen molar-refractivity contribution in [3.05, 3.63) is 65.5 Å². The molecule has 0 aliphatic carbocycles. The third-order valence-electron chi connectivity index (χ3n) is 3.91. The number of carbonyl (C=O) groups excluding carboxylic acids is 1. The number of alkyl halides is 6. The van der Waals surface area contributed by atoms with Crippen LogP contribution in [0.4, 0.5) is 26.3 Å². The second kappa shape index (κ2) is 7.80. The minimum Gasteiger partial charge on any atom is -0.329 e. The van der Waals surface area contributed by atoms with Crippen LogP contribution in [0.15, 0.2) is 62.3 Å². The third-order valence-corrected chi connectivity index (χ3v) is 5.57. The number of benzene rings is 2. The Bertz CT molecular complexity index is 1240. The number of amides is 1. The summed E-state index contributed by atoms with van der Waals surface area (Å²) in [6.07, 6.45) is -8.35. The lowest BCUT2D eigenvalue weighted by molar-refractivity contribution is -0.159. The number of rotatable bonds is 3. The van der Waals surface area contributed by atoms with Gasteiger partial charge in [0.05, 0.1) is 15.3 Å². The Hall–Kier alpha value is -3.22. The summed E-state index contributed by atoms with van der Waals surface area (Å²) in [5.74, 6) is -2.99. The monoisotopic (exact) mass is 463 g/mol. The van der Waals surface area contributed by atoms with Crippen molar-refractivity contribution in [2.75, 3.05) is 6.26 Å². The minimum absolute atomic E-state index is 0.0115. The van der Waals surface area contributed by atoms with Gasteiger partial charge in [-0.3, -0.25) is 4.79 Å². The van der Waals surface area contributed by atoms with Crippen molar-refractivity contribution in [2.24, 2.45) is 4.36 Å². The molecular weight excluding hydrogens is 452 g/mol. The molecule has 164 valence electrons. The quantitative estimate of drug-likeness (QED) is 0.507. The Morgan fingerprint density at radius 2 is 1.65 bits per heavy atom. The lowest BCUT2D eigenvalue weighted by atomic mass is 10.1. The smallest absolute Gasteiger partial charge is 0.329 e. The minimum atomic E-state index is -4.84. The van der Waals surface area contributed by atoms with E-state index in [0.29, 0.717) is 12.1 Å². The van der Waals surface area contributed by atoms with Crippen LogP contribution in [0.1, 0.15) is 21.8 Å². The summed E-state index contributed by atoms with van der Waals surface area (Å²) in [6.45, 7) is 0. The number of hydrogen-bond donors (Lipinski definition) is 0. The molecule has 0 aliphatic heterocycles. The van der Waals surface area contributed by atoms with Gasteiger partial charge in [-0.15, -0.1) is 0 Å². The predicted molar refractivity (Wildman–Crippen MR) is 95.3 cm³/mol. The van der Waals surface area contributed by atoms with E-state index < -0.39 is 45.3 Å². The Balaban J connectivity index is 1.91. The number of nitrogens with zero attached hydrogens (tertiary/aromatic N) is 3. The standard InChI is InChI=1S/C18H11F6N3O3S/c1-31(29,13-7-5-12(6-8-13)17(19,20)21)27-15(28)11-4-2-3-10(9-11)14-25-16(30-26-14)18(22,23)24/h2-9H,1H3. The van der Waals surface area contributed by atoms with Gasteiger partial charge >= 0.3 is 18.2 Å². The molecule has 1 heterocycles. The molecule has 3 rings (SSSR count). The Kier molecular flexibility index (Phi) is 5.65. The van der Waals surface area contributed by atoms with Gasteiger partial charge in [0, 0.05) is 22.3 Å².